The Morgan fingerprint density at radius 1 is 0.413 bits per heavy atom. The molecule has 2 aromatic rings. The Balaban J connectivity index is 1.53. The van der Waals surface area contributed by atoms with Gasteiger partial charge in [-0.2, -0.15) is 4.57 Å². The van der Waals surface area contributed by atoms with Crippen LogP contribution in [-0.4, -0.2) is 4.57 Å². The van der Waals surface area contributed by atoms with Crippen LogP contribution in [0.1, 0.15) is 219 Å². The van der Waals surface area contributed by atoms with Crippen molar-refractivity contribution in [3.8, 4) is 5.69 Å². The van der Waals surface area contributed by atoms with E-state index in [9.17, 15) is 0 Å². The monoisotopic (exact) mass is 636 g/mol. The van der Waals surface area contributed by atoms with Crippen LogP contribution in [0.25, 0.3) is 5.69 Å². The van der Waals surface area contributed by atoms with Gasteiger partial charge in [0.15, 0.2) is 0 Å². The van der Waals surface area contributed by atoms with E-state index in [2.05, 4.69) is 65.7 Å². The van der Waals surface area contributed by atoms with Gasteiger partial charge in [-0.25, -0.2) is 4.57 Å². The third-order valence-corrected chi connectivity index (χ3v) is 10.3. The Hall–Kier alpha value is -1.57. The van der Waals surface area contributed by atoms with E-state index >= 15 is 0 Å². The Bertz CT molecular complexity index is 885. The molecule has 0 unspecified atom stereocenters. The molecule has 46 heavy (non-hydrogen) atoms. The quantitative estimate of drug-likeness (QED) is 0.0534. The molecular formula is C44H79N2+. The van der Waals surface area contributed by atoms with E-state index in [0.717, 1.165) is 0 Å². The molecule has 0 aliphatic heterocycles. The van der Waals surface area contributed by atoms with Crippen molar-refractivity contribution in [3.05, 3.63) is 48.5 Å². The standard InChI is InChI=1S/C44H79N2/c1-3-5-7-9-11-13-15-17-19-21-23-25-27-29-31-36-40-45-41-42-46(43-37-33-32-34-38-43)44(45)39-35-30-28-26-24-22-20-18-16-14-12-10-8-6-4-2/h32-34,37-38,41-42H,3-31,35-36,39-40H2,1-2H3/q+1. The second kappa shape index (κ2) is 30.7. The highest BCUT2D eigenvalue weighted by molar-refractivity contribution is 5.31. The van der Waals surface area contributed by atoms with Gasteiger partial charge in [0.2, 0.25) is 0 Å². The highest BCUT2D eigenvalue weighted by Crippen LogP contribution is 2.17. The molecule has 0 aliphatic carbocycles. The van der Waals surface area contributed by atoms with E-state index in [0.29, 0.717) is 0 Å². The van der Waals surface area contributed by atoms with E-state index < -0.39 is 0 Å². The summed E-state index contributed by atoms with van der Waals surface area (Å²) in [4.78, 5) is 0. The first-order chi connectivity index (χ1) is 22.9. The second-order valence-corrected chi connectivity index (χ2v) is 14.6. The molecule has 1 aromatic carbocycles. The van der Waals surface area contributed by atoms with Crippen LogP contribution in [0.3, 0.4) is 0 Å². The smallest absolute Gasteiger partial charge is 0.234 e. The molecule has 0 fully saturated rings. The third-order valence-electron chi connectivity index (χ3n) is 10.3. The van der Waals surface area contributed by atoms with Gasteiger partial charge in [0.25, 0.3) is 5.82 Å². The minimum atomic E-state index is 1.17. The van der Waals surface area contributed by atoms with Gasteiger partial charge in [0, 0.05) is 6.42 Å². The molecule has 0 atom stereocenters. The van der Waals surface area contributed by atoms with Crippen LogP contribution in [0, 0.1) is 0 Å². The first-order valence-electron chi connectivity index (χ1n) is 21.0. The minimum absolute atomic E-state index is 1.17. The molecule has 0 saturated carbocycles. The molecule has 0 aliphatic rings. The Morgan fingerprint density at radius 3 is 1.15 bits per heavy atom. The highest BCUT2D eigenvalue weighted by atomic mass is 15.1. The van der Waals surface area contributed by atoms with Crippen LogP contribution in [0.5, 0.6) is 0 Å². The van der Waals surface area contributed by atoms with Crippen LogP contribution in [0.2, 0.25) is 0 Å². The van der Waals surface area contributed by atoms with Crippen molar-refractivity contribution < 1.29 is 4.57 Å². The molecular weight excluding hydrogens is 556 g/mol. The summed E-state index contributed by atoms with van der Waals surface area (Å²) in [5.74, 6) is 1.50. The highest BCUT2D eigenvalue weighted by Gasteiger charge is 2.18. The van der Waals surface area contributed by atoms with Crippen molar-refractivity contribution in [2.24, 2.45) is 0 Å². The zero-order valence-corrected chi connectivity index (χ0v) is 31.3. The number of hydrogen-bond acceptors (Lipinski definition) is 0. The lowest BCUT2D eigenvalue weighted by Gasteiger charge is -2.07. The van der Waals surface area contributed by atoms with Crippen LogP contribution < -0.4 is 4.57 Å². The largest absolute Gasteiger partial charge is 0.261 e. The molecule has 264 valence electrons. The summed E-state index contributed by atoms with van der Waals surface area (Å²) in [6, 6.07) is 11.0. The Morgan fingerprint density at radius 2 is 0.761 bits per heavy atom. The average Bonchev–Trinajstić information content (AvgIpc) is 3.49. The van der Waals surface area contributed by atoms with Crippen molar-refractivity contribution in [1.29, 1.82) is 0 Å². The number of hydrogen-bond donors (Lipinski definition) is 0. The number of aromatic nitrogens is 2. The van der Waals surface area contributed by atoms with E-state index in [1.807, 2.05) is 0 Å². The minimum Gasteiger partial charge on any atom is -0.234 e. The number of para-hydroxylation sites is 1. The van der Waals surface area contributed by atoms with Gasteiger partial charge in [0.05, 0.1) is 6.54 Å². The number of imidazole rings is 1. The maximum absolute atomic E-state index is 2.57. The first-order valence-corrected chi connectivity index (χ1v) is 21.0. The fourth-order valence-corrected chi connectivity index (χ4v) is 7.23. The van der Waals surface area contributed by atoms with Crippen molar-refractivity contribution in [1.82, 2.24) is 4.57 Å². The lowest BCUT2D eigenvalue weighted by atomic mass is 10.0. The predicted octanol–water partition coefficient (Wildman–Crippen LogP) is 14.4. The number of rotatable bonds is 34. The maximum atomic E-state index is 2.57. The number of unbranched alkanes of at least 4 members (excludes halogenated alkanes) is 29. The lowest BCUT2D eigenvalue weighted by Crippen LogP contribution is -2.37. The zero-order chi connectivity index (χ0) is 32.6. The van der Waals surface area contributed by atoms with Crippen LogP contribution >= 0.6 is 0 Å². The van der Waals surface area contributed by atoms with Gasteiger partial charge in [-0.15, -0.1) is 0 Å². The summed E-state index contributed by atoms with van der Waals surface area (Å²) in [6.45, 7) is 5.79. The summed E-state index contributed by atoms with van der Waals surface area (Å²) in [5, 5.41) is 0. The topological polar surface area (TPSA) is 8.81 Å². The van der Waals surface area contributed by atoms with E-state index in [1.54, 1.807) is 0 Å². The average molecular weight is 636 g/mol. The number of aryl methyl sites for hydroxylation is 1. The SMILES string of the molecule is CCCCCCCCCCCCCCCCCC[n+]1ccn(-c2ccccc2)c1CCCCCCCCCCCCCCCCC. The first kappa shape index (κ1) is 40.6. The summed E-state index contributed by atoms with van der Waals surface area (Å²) in [7, 11) is 0. The van der Waals surface area contributed by atoms with Crippen LogP contribution in [-0.2, 0) is 13.0 Å². The van der Waals surface area contributed by atoms with Gasteiger partial charge in [-0.1, -0.05) is 212 Å². The molecule has 0 bridgehead atoms. The third kappa shape index (κ3) is 21.3. The van der Waals surface area contributed by atoms with Gasteiger partial charge >= 0.3 is 0 Å². The van der Waals surface area contributed by atoms with E-state index in [-0.39, 0.29) is 0 Å². The normalized spacial score (nSPS) is 11.5. The summed E-state index contributed by atoms with van der Waals surface area (Å²) in [6.07, 6.45) is 50.2. The molecule has 0 amide bonds. The molecule has 2 nitrogen and oxygen atoms in total. The van der Waals surface area contributed by atoms with E-state index in [1.165, 1.54) is 224 Å². The van der Waals surface area contributed by atoms with Gasteiger partial charge in [-0.05, 0) is 31.4 Å². The maximum Gasteiger partial charge on any atom is 0.261 e. The van der Waals surface area contributed by atoms with Crippen molar-refractivity contribution in [2.45, 2.75) is 226 Å². The van der Waals surface area contributed by atoms with E-state index in [4.69, 9.17) is 0 Å². The summed E-state index contributed by atoms with van der Waals surface area (Å²) in [5.41, 5.74) is 1.31. The van der Waals surface area contributed by atoms with Crippen molar-refractivity contribution in [3.63, 3.8) is 0 Å². The Labute approximate surface area is 288 Å². The molecule has 1 heterocycles. The second-order valence-electron chi connectivity index (χ2n) is 14.6. The number of nitrogens with zero attached hydrogens (tertiary/aromatic N) is 2. The lowest BCUT2D eigenvalue weighted by molar-refractivity contribution is -0.704. The van der Waals surface area contributed by atoms with Crippen molar-refractivity contribution in [2.75, 3.05) is 0 Å². The Kier molecular flexibility index (Phi) is 27.1. The molecule has 2 heteroatoms. The fraction of sp³-hybridized carbons (Fsp3) is 0.795. The molecule has 1 aromatic heterocycles. The van der Waals surface area contributed by atoms with Crippen molar-refractivity contribution >= 4 is 0 Å². The molecule has 2 rings (SSSR count). The van der Waals surface area contributed by atoms with Crippen LogP contribution in [0.15, 0.2) is 42.7 Å². The van der Waals surface area contributed by atoms with Gasteiger partial charge < -0.3 is 0 Å². The molecule has 0 radical (unpaired) electrons. The molecule has 0 spiro atoms. The predicted molar refractivity (Wildman–Crippen MR) is 204 cm³/mol. The number of benzene rings is 1. The fourth-order valence-electron chi connectivity index (χ4n) is 7.23. The molecule has 0 saturated heterocycles. The summed E-state index contributed by atoms with van der Waals surface area (Å²) >= 11 is 0. The summed E-state index contributed by atoms with van der Waals surface area (Å²) < 4.78 is 5.02. The van der Waals surface area contributed by atoms with Gasteiger partial charge in [0.1, 0.15) is 18.1 Å². The van der Waals surface area contributed by atoms with Crippen LogP contribution in [0.4, 0.5) is 0 Å². The molecule has 0 N–H and O–H groups in total. The van der Waals surface area contributed by atoms with Gasteiger partial charge in [-0.3, -0.25) is 0 Å². The zero-order valence-electron chi connectivity index (χ0n) is 31.3.